The average molecular weight is 328 g/mol. The number of aliphatic imine (C=N–C) groups is 1. The van der Waals surface area contributed by atoms with E-state index >= 15 is 0 Å². The summed E-state index contributed by atoms with van der Waals surface area (Å²) in [6, 6.07) is 10.6. The van der Waals surface area contributed by atoms with Crippen LogP contribution in [-0.4, -0.2) is 42.4 Å². The van der Waals surface area contributed by atoms with Crippen molar-refractivity contribution in [2.75, 3.05) is 31.6 Å². The second kappa shape index (κ2) is 8.96. The molecule has 0 spiro atoms. The van der Waals surface area contributed by atoms with Crippen molar-refractivity contribution in [3.05, 3.63) is 47.8 Å². The zero-order valence-electron chi connectivity index (χ0n) is 15.1. The highest BCUT2D eigenvalue weighted by atomic mass is 15.3. The molecule has 0 aliphatic rings. The lowest BCUT2D eigenvalue weighted by Crippen LogP contribution is -2.41. The number of anilines is 1. The highest BCUT2D eigenvalue weighted by Gasteiger charge is 2.05. The second-order valence-electron chi connectivity index (χ2n) is 5.72. The number of aryl methyl sites for hydroxylation is 2. The number of nitrogens with one attached hydrogen (secondary N) is 2. The quantitative estimate of drug-likeness (QED) is 0.602. The van der Waals surface area contributed by atoms with Crippen molar-refractivity contribution < 1.29 is 0 Å². The molecule has 0 aliphatic heterocycles. The fourth-order valence-corrected chi connectivity index (χ4v) is 2.57. The topological polar surface area (TPSA) is 57.5 Å². The van der Waals surface area contributed by atoms with Gasteiger partial charge in [-0.2, -0.15) is 5.10 Å². The Morgan fingerprint density at radius 2 is 2.12 bits per heavy atom. The van der Waals surface area contributed by atoms with Crippen LogP contribution >= 0.6 is 0 Å². The highest BCUT2D eigenvalue weighted by Crippen LogP contribution is 2.14. The van der Waals surface area contributed by atoms with Crippen molar-refractivity contribution in [2.45, 2.75) is 20.4 Å². The van der Waals surface area contributed by atoms with Crippen molar-refractivity contribution in [1.82, 2.24) is 20.4 Å². The molecule has 2 N–H and O–H groups in total. The molecule has 0 bridgehead atoms. The molecule has 0 saturated heterocycles. The molecule has 0 aliphatic carbocycles. The van der Waals surface area contributed by atoms with Gasteiger partial charge in [0.25, 0.3) is 0 Å². The normalized spacial score (nSPS) is 11.4. The monoisotopic (exact) mass is 328 g/mol. The molecule has 0 amide bonds. The van der Waals surface area contributed by atoms with Crippen molar-refractivity contribution in [3.8, 4) is 0 Å². The SMILES string of the molecule is CCN(CCNC(=NC)NCc1ccnn1C)c1cccc(C)c1. The van der Waals surface area contributed by atoms with Crippen molar-refractivity contribution in [3.63, 3.8) is 0 Å². The number of nitrogens with zero attached hydrogens (tertiary/aromatic N) is 4. The van der Waals surface area contributed by atoms with Gasteiger partial charge >= 0.3 is 0 Å². The van der Waals surface area contributed by atoms with E-state index in [1.165, 1.54) is 11.3 Å². The van der Waals surface area contributed by atoms with Crippen LogP contribution in [0.2, 0.25) is 0 Å². The van der Waals surface area contributed by atoms with Gasteiger partial charge in [-0.05, 0) is 37.6 Å². The number of hydrogen-bond acceptors (Lipinski definition) is 3. The number of benzene rings is 1. The Morgan fingerprint density at radius 1 is 1.29 bits per heavy atom. The van der Waals surface area contributed by atoms with Crippen LogP contribution in [0.4, 0.5) is 5.69 Å². The van der Waals surface area contributed by atoms with E-state index in [0.717, 1.165) is 31.3 Å². The average Bonchev–Trinajstić information content (AvgIpc) is 2.99. The lowest BCUT2D eigenvalue weighted by atomic mass is 10.2. The lowest BCUT2D eigenvalue weighted by Gasteiger charge is -2.24. The first-order valence-electron chi connectivity index (χ1n) is 8.37. The highest BCUT2D eigenvalue weighted by molar-refractivity contribution is 5.79. The summed E-state index contributed by atoms with van der Waals surface area (Å²) < 4.78 is 1.86. The number of likely N-dealkylation sites (N-methyl/N-ethyl adjacent to an activating group) is 1. The zero-order chi connectivity index (χ0) is 17.4. The van der Waals surface area contributed by atoms with Crippen LogP contribution in [0.1, 0.15) is 18.2 Å². The van der Waals surface area contributed by atoms with Crippen LogP contribution in [0, 0.1) is 6.92 Å². The third-order valence-corrected chi connectivity index (χ3v) is 4.01. The Morgan fingerprint density at radius 3 is 2.75 bits per heavy atom. The van der Waals surface area contributed by atoms with Crippen LogP contribution in [0.5, 0.6) is 0 Å². The summed E-state index contributed by atoms with van der Waals surface area (Å²) in [5.74, 6) is 0.802. The zero-order valence-corrected chi connectivity index (χ0v) is 15.1. The predicted molar refractivity (Wildman–Crippen MR) is 100 cm³/mol. The van der Waals surface area contributed by atoms with Gasteiger partial charge in [-0.3, -0.25) is 9.67 Å². The maximum absolute atomic E-state index is 4.27. The number of aromatic nitrogens is 2. The number of rotatable bonds is 7. The molecule has 1 aromatic heterocycles. The molecule has 24 heavy (non-hydrogen) atoms. The molecule has 2 aromatic rings. The molecular formula is C18H28N6. The molecule has 1 aromatic carbocycles. The molecule has 0 saturated carbocycles. The van der Waals surface area contributed by atoms with Gasteiger partial charge in [-0.15, -0.1) is 0 Å². The molecular weight excluding hydrogens is 300 g/mol. The van der Waals surface area contributed by atoms with Crippen molar-refractivity contribution >= 4 is 11.6 Å². The summed E-state index contributed by atoms with van der Waals surface area (Å²) in [6.07, 6.45) is 1.80. The number of guanidine groups is 1. The van der Waals surface area contributed by atoms with Gasteiger partial charge in [0, 0.05) is 45.6 Å². The molecule has 130 valence electrons. The lowest BCUT2D eigenvalue weighted by molar-refractivity contribution is 0.682. The smallest absolute Gasteiger partial charge is 0.191 e. The van der Waals surface area contributed by atoms with E-state index in [1.807, 2.05) is 17.8 Å². The minimum Gasteiger partial charge on any atom is -0.370 e. The minimum atomic E-state index is 0.700. The van der Waals surface area contributed by atoms with Crippen LogP contribution < -0.4 is 15.5 Å². The molecule has 0 atom stereocenters. The summed E-state index contributed by atoms with van der Waals surface area (Å²) in [5, 5.41) is 10.8. The van der Waals surface area contributed by atoms with Gasteiger partial charge in [0.05, 0.1) is 12.2 Å². The van der Waals surface area contributed by atoms with Gasteiger partial charge in [-0.1, -0.05) is 12.1 Å². The van der Waals surface area contributed by atoms with Crippen LogP contribution in [0.3, 0.4) is 0 Å². The van der Waals surface area contributed by atoms with E-state index in [9.17, 15) is 0 Å². The molecule has 0 unspecified atom stereocenters. The van der Waals surface area contributed by atoms with Crippen LogP contribution in [-0.2, 0) is 13.6 Å². The maximum Gasteiger partial charge on any atom is 0.191 e. The Kier molecular flexibility index (Phi) is 6.66. The minimum absolute atomic E-state index is 0.700. The van der Waals surface area contributed by atoms with Crippen molar-refractivity contribution in [2.24, 2.45) is 12.0 Å². The molecule has 2 rings (SSSR count). The second-order valence-corrected chi connectivity index (χ2v) is 5.72. The number of hydrogen-bond donors (Lipinski definition) is 2. The standard InChI is InChI=1S/C18H28N6/c1-5-24(16-8-6-7-15(2)13-16)12-11-20-18(19-3)21-14-17-9-10-22-23(17)4/h6-10,13H,5,11-12,14H2,1-4H3,(H2,19,20,21). The predicted octanol–water partition coefficient (Wildman–Crippen LogP) is 1.92. The van der Waals surface area contributed by atoms with Crippen molar-refractivity contribution in [1.29, 1.82) is 0 Å². The molecule has 0 radical (unpaired) electrons. The molecule has 0 fully saturated rings. The van der Waals surface area contributed by atoms with E-state index in [-0.39, 0.29) is 0 Å². The van der Waals surface area contributed by atoms with Gasteiger partial charge in [0.2, 0.25) is 0 Å². The third-order valence-electron chi connectivity index (χ3n) is 4.01. The maximum atomic E-state index is 4.27. The first-order valence-corrected chi connectivity index (χ1v) is 8.37. The van der Waals surface area contributed by atoms with E-state index in [1.54, 1.807) is 13.2 Å². The van der Waals surface area contributed by atoms with Gasteiger partial charge < -0.3 is 15.5 Å². The first kappa shape index (κ1) is 17.8. The Labute approximate surface area is 144 Å². The summed E-state index contributed by atoms with van der Waals surface area (Å²) in [7, 11) is 3.73. The van der Waals surface area contributed by atoms with Gasteiger partial charge in [0.1, 0.15) is 0 Å². The first-order chi connectivity index (χ1) is 11.6. The Bertz CT molecular complexity index is 661. The van der Waals surface area contributed by atoms with Crippen LogP contribution in [0.25, 0.3) is 0 Å². The summed E-state index contributed by atoms with van der Waals surface area (Å²) in [6.45, 7) is 7.73. The summed E-state index contributed by atoms with van der Waals surface area (Å²) >= 11 is 0. The third kappa shape index (κ3) is 5.01. The van der Waals surface area contributed by atoms with Gasteiger partial charge in [-0.25, -0.2) is 0 Å². The van der Waals surface area contributed by atoms with E-state index < -0.39 is 0 Å². The molecule has 6 nitrogen and oxygen atoms in total. The summed E-state index contributed by atoms with van der Waals surface area (Å²) in [4.78, 5) is 6.63. The Balaban J connectivity index is 1.81. The van der Waals surface area contributed by atoms with Crippen LogP contribution in [0.15, 0.2) is 41.5 Å². The van der Waals surface area contributed by atoms with E-state index in [0.29, 0.717) is 6.54 Å². The molecule has 1 heterocycles. The summed E-state index contributed by atoms with van der Waals surface area (Å²) in [5.41, 5.74) is 3.66. The van der Waals surface area contributed by atoms with E-state index in [4.69, 9.17) is 0 Å². The van der Waals surface area contributed by atoms with E-state index in [2.05, 4.69) is 63.7 Å². The molecule has 6 heteroatoms. The fourth-order valence-electron chi connectivity index (χ4n) is 2.57. The van der Waals surface area contributed by atoms with Gasteiger partial charge in [0.15, 0.2) is 5.96 Å². The largest absolute Gasteiger partial charge is 0.370 e. The fraction of sp³-hybridized carbons (Fsp3) is 0.444. The Hall–Kier alpha value is -2.50.